The summed E-state index contributed by atoms with van der Waals surface area (Å²) in [4.78, 5) is 13.5. The molecule has 3 nitrogen and oxygen atoms in total. The quantitative estimate of drug-likeness (QED) is 0.842. The van der Waals surface area contributed by atoms with Crippen LogP contribution in [-0.4, -0.2) is 17.4 Å². The molecule has 3 heteroatoms. The first-order valence-electron chi connectivity index (χ1n) is 6.98. The Morgan fingerprint density at radius 1 is 1.10 bits per heavy atom. The van der Waals surface area contributed by atoms with Gasteiger partial charge in [-0.1, -0.05) is 60.7 Å². The first kappa shape index (κ1) is 14.8. The van der Waals surface area contributed by atoms with Crippen molar-refractivity contribution in [1.82, 2.24) is 4.90 Å². The fourth-order valence-electron chi connectivity index (χ4n) is 2.32. The molecule has 0 bridgehead atoms. The van der Waals surface area contributed by atoms with Crippen LogP contribution >= 0.6 is 0 Å². The Bertz CT molecular complexity index is 617. The number of carbonyl (C=O) groups is 1. The molecule has 0 spiro atoms. The molecular weight excluding hydrogens is 260 g/mol. The highest BCUT2D eigenvalue weighted by molar-refractivity contribution is 5.74. The van der Waals surface area contributed by atoms with Gasteiger partial charge in [0.15, 0.2) is 0 Å². The van der Waals surface area contributed by atoms with Gasteiger partial charge in [0.25, 0.3) is 0 Å². The van der Waals surface area contributed by atoms with E-state index in [0.29, 0.717) is 6.54 Å². The fourth-order valence-corrected chi connectivity index (χ4v) is 2.32. The third-order valence-corrected chi connectivity index (χ3v) is 3.44. The van der Waals surface area contributed by atoms with Crippen molar-refractivity contribution in [3.63, 3.8) is 0 Å². The number of carbonyl (C=O) groups excluding carboxylic acids is 1. The molecule has 0 aromatic heterocycles. The van der Waals surface area contributed by atoms with Gasteiger partial charge in [0.2, 0.25) is 5.91 Å². The Balaban J connectivity index is 2.14. The lowest BCUT2D eigenvalue weighted by Gasteiger charge is -2.26. The summed E-state index contributed by atoms with van der Waals surface area (Å²) in [5, 5.41) is 9.45. The van der Waals surface area contributed by atoms with Crippen molar-refractivity contribution in [2.45, 2.75) is 19.4 Å². The van der Waals surface area contributed by atoms with E-state index in [1.54, 1.807) is 4.90 Å². The number of hydrogen-bond donors (Lipinski definition) is 0. The van der Waals surface area contributed by atoms with Crippen LogP contribution in [0, 0.1) is 11.3 Å². The Kier molecular flexibility index (Phi) is 5.11. The van der Waals surface area contributed by atoms with Crippen molar-refractivity contribution in [3.05, 3.63) is 71.8 Å². The summed E-state index contributed by atoms with van der Waals surface area (Å²) in [7, 11) is 0. The van der Waals surface area contributed by atoms with Crippen LogP contribution in [0.2, 0.25) is 0 Å². The molecule has 0 unspecified atom stereocenters. The highest BCUT2D eigenvalue weighted by Gasteiger charge is 2.21. The molecule has 0 fully saturated rings. The van der Waals surface area contributed by atoms with Gasteiger partial charge in [-0.25, -0.2) is 0 Å². The molecule has 0 saturated heterocycles. The van der Waals surface area contributed by atoms with Gasteiger partial charge in [-0.3, -0.25) is 4.79 Å². The molecule has 0 N–H and O–H groups in total. The highest BCUT2D eigenvalue weighted by Crippen LogP contribution is 2.20. The summed E-state index contributed by atoms with van der Waals surface area (Å²) < 4.78 is 0. The van der Waals surface area contributed by atoms with Crippen molar-refractivity contribution in [1.29, 1.82) is 5.26 Å². The smallest absolute Gasteiger partial charge is 0.220 e. The van der Waals surface area contributed by atoms with Gasteiger partial charge >= 0.3 is 0 Å². The van der Waals surface area contributed by atoms with Crippen LogP contribution in [-0.2, 0) is 11.2 Å². The van der Waals surface area contributed by atoms with Crippen molar-refractivity contribution in [2.75, 3.05) is 6.54 Å². The summed E-state index contributed by atoms with van der Waals surface area (Å²) in [5.41, 5.74) is 2.01. The van der Waals surface area contributed by atoms with Crippen LogP contribution in [0.25, 0.3) is 0 Å². The van der Waals surface area contributed by atoms with Gasteiger partial charge < -0.3 is 4.90 Å². The maximum absolute atomic E-state index is 11.9. The molecule has 0 aliphatic carbocycles. The van der Waals surface area contributed by atoms with Gasteiger partial charge in [0.05, 0.1) is 6.07 Å². The van der Waals surface area contributed by atoms with E-state index in [-0.39, 0.29) is 5.91 Å². The zero-order valence-electron chi connectivity index (χ0n) is 12.1. The van der Waals surface area contributed by atoms with E-state index in [0.717, 1.165) is 17.5 Å². The summed E-state index contributed by atoms with van der Waals surface area (Å²) in [5.74, 6) is -0.0821. The molecule has 0 heterocycles. The van der Waals surface area contributed by atoms with Crippen LogP contribution in [0.4, 0.5) is 0 Å². The van der Waals surface area contributed by atoms with E-state index < -0.39 is 6.04 Å². The van der Waals surface area contributed by atoms with Crippen LogP contribution < -0.4 is 0 Å². The van der Waals surface area contributed by atoms with E-state index in [4.69, 9.17) is 0 Å². The normalized spacial score (nSPS) is 11.4. The molecule has 21 heavy (non-hydrogen) atoms. The van der Waals surface area contributed by atoms with Crippen molar-refractivity contribution in [2.24, 2.45) is 0 Å². The van der Waals surface area contributed by atoms with Gasteiger partial charge in [-0.05, 0) is 17.5 Å². The maximum Gasteiger partial charge on any atom is 0.220 e. The lowest BCUT2D eigenvalue weighted by molar-refractivity contribution is -0.130. The van der Waals surface area contributed by atoms with Gasteiger partial charge in [0.1, 0.15) is 6.04 Å². The minimum Gasteiger partial charge on any atom is -0.323 e. The Labute approximate surface area is 125 Å². The van der Waals surface area contributed by atoms with Crippen LogP contribution in [0.1, 0.15) is 24.1 Å². The predicted molar refractivity (Wildman–Crippen MR) is 82.3 cm³/mol. The number of amides is 1. The third kappa shape index (κ3) is 3.93. The second kappa shape index (κ2) is 7.25. The topological polar surface area (TPSA) is 44.1 Å². The van der Waals surface area contributed by atoms with E-state index in [2.05, 4.69) is 6.07 Å². The summed E-state index contributed by atoms with van der Waals surface area (Å²) in [6.45, 7) is 2.05. The molecular formula is C18H18N2O. The minimum absolute atomic E-state index is 0.0821. The van der Waals surface area contributed by atoms with Crippen molar-refractivity contribution < 1.29 is 4.79 Å². The fraction of sp³-hybridized carbons (Fsp3) is 0.222. The van der Waals surface area contributed by atoms with Crippen LogP contribution in [0.5, 0.6) is 0 Å². The van der Waals surface area contributed by atoms with Gasteiger partial charge in [-0.15, -0.1) is 0 Å². The predicted octanol–water partition coefficient (Wildman–Crippen LogP) is 3.34. The molecule has 1 atom stereocenters. The van der Waals surface area contributed by atoms with E-state index in [1.165, 1.54) is 6.92 Å². The van der Waals surface area contributed by atoms with E-state index >= 15 is 0 Å². The Morgan fingerprint density at radius 2 is 1.67 bits per heavy atom. The molecule has 1 amide bonds. The van der Waals surface area contributed by atoms with Gasteiger partial charge in [0, 0.05) is 13.5 Å². The summed E-state index contributed by atoms with van der Waals surface area (Å²) in [6, 6.07) is 21.1. The molecule has 2 aromatic carbocycles. The van der Waals surface area contributed by atoms with Crippen molar-refractivity contribution >= 4 is 5.91 Å². The maximum atomic E-state index is 11.9. The zero-order valence-corrected chi connectivity index (χ0v) is 12.1. The first-order valence-corrected chi connectivity index (χ1v) is 6.98. The number of nitrogens with zero attached hydrogens (tertiary/aromatic N) is 2. The number of benzene rings is 2. The van der Waals surface area contributed by atoms with Crippen LogP contribution in [0.15, 0.2) is 60.7 Å². The largest absolute Gasteiger partial charge is 0.323 e. The van der Waals surface area contributed by atoms with Gasteiger partial charge in [-0.2, -0.15) is 5.26 Å². The molecule has 106 valence electrons. The number of rotatable bonds is 5. The molecule has 2 rings (SSSR count). The Hall–Kier alpha value is -2.60. The molecule has 0 aliphatic heterocycles. The van der Waals surface area contributed by atoms with Crippen molar-refractivity contribution in [3.8, 4) is 6.07 Å². The second-order valence-electron chi connectivity index (χ2n) is 4.89. The average molecular weight is 278 g/mol. The monoisotopic (exact) mass is 278 g/mol. The summed E-state index contributed by atoms with van der Waals surface area (Å²) in [6.07, 6.45) is 0.742. The number of hydrogen-bond acceptors (Lipinski definition) is 2. The molecule has 2 aromatic rings. The third-order valence-electron chi connectivity index (χ3n) is 3.44. The lowest BCUT2D eigenvalue weighted by Crippen LogP contribution is -2.34. The minimum atomic E-state index is -0.535. The summed E-state index contributed by atoms with van der Waals surface area (Å²) >= 11 is 0. The van der Waals surface area contributed by atoms with E-state index in [9.17, 15) is 10.1 Å². The zero-order chi connectivity index (χ0) is 15.1. The number of nitriles is 1. The highest BCUT2D eigenvalue weighted by atomic mass is 16.2. The lowest BCUT2D eigenvalue weighted by atomic mass is 10.1. The molecule has 0 saturated carbocycles. The Morgan fingerprint density at radius 3 is 2.19 bits per heavy atom. The SMILES string of the molecule is CC(=O)N(CCc1ccccc1)[C@@H](C#N)c1ccccc1. The van der Waals surface area contributed by atoms with Crippen LogP contribution in [0.3, 0.4) is 0 Å². The second-order valence-corrected chi connectivity index (χ2v) is 4.89. The van der Waals surface area contributed by atoms with E-state index in [1.807, 2.05) is 60.7 Å². The molecule has 0 radical (unpaired) electrons. The average Bonchev–Trinajstić information content (AvgIpc) is 2.53. The molecule has 0 aliphatic rings. The standard InChI is InChI=1S/C18H18N2O/c1-15(21)20(13-12-16-8-4-2-5-9-16)18(14-19)17-10-6-3-7-11-17/h2-11,18H,12-13H2,1H3/t18-/m0/s1. The first-order chi connectivity index (χ1) is 10.2.